The molecule has 0 amide bonds. The van der Waals surface area contributed by atoms with Crippen molar-refractivity contribution in [1.82, 2.24) is 4.98 Å². The number of nitrogens with two attached hydrogens (primary N) is 1. The van der Waals surface area contributed by atoms with E-state index in [2.05, 4.69) is 44.0 Å². The zero-order valence-electron chi connectivity index (χ0n) is 10.3. The molecule has 0 radical (unpaired) electrons. The van der Waals surface area contributed by atoms with Crippen LogP contribution in [0.15, 0.2) is 27.1 Å². The molecule has 1 aromatic heterocycles. The highest BCUT2D eigenvalue weighted by molar-refractivity contribution is 9.13. The van der Waals surface area contributed by atoms with E-state index in [0.29, 0.717) is 0 Å². The third kappa shape index (κ3) is 2.79. The molecule has 0 saturated heterocycles. The molecule has 1 heterocycles. The van der Waals surface area contributed by atoms with Gasteiger partial charge < -0.3 is 5.73 Å². The van der Waals surface area contributed by atoms with E-state index in [4.69, 9.17) is 10.7 Å². The summed E-state index contributed by atoms with van der Waals surface area (Å²) >= 11 is 8.79. The van der Waals surface area contributed by atoms with E-state index in [1.807, 2.05) is 6.07 Å². The lowest BCUT2D eigenvalue weighted by molar-refractivity contribution is 0.678. The molecule has 2 aromatic rings. The first-order valence-corrected chi connectivity index (χ1v) is 8.74. The van der Waals surface area contributed by atoms with Gasteiger partial charge in [0.05, 0.1) is 11.7 Å². The van der Waals surface area contributed by atoms with Gasteiger partial charge in [-0.05, 0) is 75.2 Å². The Balaban J connectivity index is 1.92. The minimum Gasteiger partial charge on any atom is -0.318 e. The molecule has 5 heteroatoms. The highest BCUT2D eigenvalue weighted by Crippen LogP contribution is 2.33. The Morgan fingerprint density at radius 3 is 2.68 bits per heavy atom. The molecule has 1 aliphatic rings. The molecule has 0 aliphatic heterocycles. The summed E-state index contributed by atoms with van der Waals surface area (Å²) < 4.78 is 2.07. The van der Waals surface area contributed by atoms with Gasteiger partial charge in [0.25, 0.3) is 0 Å². The van der Waals surface area contributed by atoms with E-state index in [9.17, 15) is 0 Å². The molecule has 1 aliphatic carbocycles. The van der Waals surface area contributed by atoms with Crippen molar-refractivity contribution in [3.8, 4) is 0 Å². The maximum Gasteiger partial charge on any atom is 0.114 e. The lowest BCUT2D eigenvalue weighted by atomic mass is 10.0. The Bertz CT molecular complexity index is 586. The third-order valence-corrected chi connectivity index (χ3v) is 6.55. The summed E-state index contributed by atoms with van der Waals surface area (Å²) in [7, 11) is 0. The molecule has 1 aromatic carbocycles. The van der Waals surface area contributed by atoms with Crippen molar-refractivity contribution in [1.29, 1.82) is 0 Å². The van der Waals surface area contributed by atoms with Crippen LogP contribution in [0.5, 0.6) is 0 Å². The maximum absolute atomic E-state index is 6.36. The van der Waals surface area contributed by atoms with E-state index in [0.717, 1.165) is 25.9 Å². The van der Waals surface area contributed by atoms with E-state index in [1.165, 1.54) is 29.8 Å². The largest absolute Gasteiger partial charge is 0.318 e. The van der Waals surface area contributed by atoms with Crippen molar-refractivity contribution in [3.05, 3.63) is 48.3 Å². The molecule has 2 N–H and O–H groups in total. The van der Waals surface area contributed by atoms with E-state index in [-0.39, 0.29) is 6.04 Å². The second kappa shape index (κ2) is 5.64. The molecule has 0 fully saturated rings. The Hall–Kier alpha value is -0.230. The SMILES string of the molecule is NC(c1ccc(Br)c(Br)c1)c1nc2c(s1)CCCC2. The van der Waals surface area contributed by atoms with Gasteiger partial charge in [-0.1, -0.05) is 6.07 Å². The third-order valence-electron chi connectivity index (χ3n) is 3.43. The number of benzene rings is 1. The van der Waals surface area contributed by atoms with Crippen LogP contribution in [-0.2, 0) is 12.8 Å². The summed E-state index contributed by atoms with van der Waals surface area (Å²) in [6, 6.07) is 6.02. The summed E-state index contributed by atoms with van der Waals surface area (Å²) in [4.78, 5) is 6.18. The van der Waals surface area contributed by atoms with Crippen LogP contribution in [0.25, 0.3) is 0 Å². The second-order valence-electron chi connectivity index (χ2n) is 4.78. The van der Waals surface area contributed by atoms with Gasteiger partial charge in [-0.25, -0.2) is 4.98 Å². The van der Waals surface area contributed by atoms with Crippen molar-refractivity contribution in [2.75, 3.05) is 0 Å². The van der Waals surface area contributed by atoms with Gasteiger partial charge in [-0.3, -0.25) is 0 Å². The Morgan fingerprint density at radius 2 is 1.95 bits per heavy atom. The number of hydrogen-bond donors (Lipinski definition) is 1. The number of hydrogen-bond acceptors (Lipinski definition) is 3. The monoisotopic (exact) mass is 400 g/mol. The fourth-order valence-electron chi connectivity index (χ4n) is 2.35. The Kier molecular flexibility index (Phi) is 4.08. The van der Waals surface area contributed by atoms with Crippen molar-refractivity contribution in [2.45, 2.75) is 31.7 Å². The van der Waals surface area contributed by atoms with Gasteiger partial charge in [-0.15, -0.1) is 11.3 Å². The Labute approximate surface area is 133 Å². The molecule has 0 bridgehead atoms. The van der Waals surface area contributed by atoms with Gasteiger partial charge in [0.1, 0.15) is 5.01 Å². The number of nitrogens with zero attached hydrogens (tertiary/aromatic N) is 1. The predicted octanol–water partition coefficient (Wildman–Crippen LogP) is 4.60. The zero-order valence-corrected chi connectivity index (χ0v) is 14.3. The minimum absolute atomic E-state index is 0.125. The number of fused-ring (bicyclic) bond motifs is 1. The van der Waals surface area contributed by atoms with Gasteiger partial charge in [0.2, 0.25) is 0 Å². The van der Waals surface area contributed by atoms with Crippen LogP contribution >= 0.6 is 43.2 Å². The minimum atomic E-state index is -0.125. The normalized spacial score (nSPS) is 16.2. The summed E-state index contributed by atoms with van der Waals surface area (Å²) in [6.45, 7) is 0. The standard InChI is InChI=1S/C14H14Br2N2S/c15-9-6-5-8(7-10(9)16)13(17)14-18-11-3-1-2-4-12(11)19-14/h5-7,13H,1-4,17H2. The molecule has 2 nitrogen and oxygen atoms in total. The molecule has 3 rings (SSSR count). The van der Waals surface area contributed by atoms with Crippen molar-refractivity contribution >= 4 is 43.2 Å². The van der Waals surface area contributed by atoms with E-state index < -0.39 is 0 Å². The molecule has 1 unspecified atom stereocenters. The van der Waals surface area contributed by atoms with Gasteiger partial charge >= 0.3 is 0 Å². The molecule has 0 spiro atoms. The van der Waals surface area contributed by atoms with Crippen LogP contribution in [-0.4, -0.2) is 4.98 Å². The summed E-state index contributed by atoms with van der Waals surface area (Å²) in [6.07, 6.45) is 4.83. The lowest BCUT2D eigenvalue weighted by Gasteiger charge is -2.10. The quantitative estimate of drug-likeness (QED) is 0.798. The average molecular weight is 402 g/mol. The molecular weight excluding hydrogens is 388 g/mol. The van der Waals surface area contributed by atoms with Crippen LogP contribution in [0.2, 0.25) is 0 Å². The molecule has 100 valence electrons. The number of aryl methyl sites for hydroxylation is 2. The van der Waals surface area contributed by atoms with Crippen molar-refractivity contribution in [2.24, 2.45) is 5.73 Å². The fraction of sp³-hybridized carbons (Fsp3) is 0.357. The molecular formula is C14H14Br2N2S. The average Bonchev–Trinajstić information content (AvgIpc) is 2.85. The highest BCUT2D eigenvalue weighted by Gasteiger charge is 2.20. The Morgan fingerprint density at radius 1 is 1.16 bits per heavy atom. The number of halogens is 2. The number of aromatic nitrogens is 1. The topological polar surface area (TPSA) is 38.9 Å². The van der Waals surface area contributed by atoms with E-state index >= 15 is 0 Å². The lowest BCUT2D eigenvalue weighted by Crippen LogP contribution is -2.11. The first-order valence-electron chi connectivity index (χ1n) is 6.34. The maximum atomic E-state index is 6.36. The second-order valence-corrected chi connectivity index (χ2v) is 7.60. The van der Waals surface area contributed by atoms with Crippen LogP contribution in [0.4, 0.5) is 0 Å². The fourth-order valence-corrected chi connectivity index (χ4v) is 4.18. The predicted molar refractivity (Wildman–Crippen MR) is 86.6 cm³/mol. The first kappa shape index (κ1) is 13.7. The smallest absolute Gasteiger partial charge is 0.114 e. The molecule has 0 saturated carbocycles. The highest BCUT2D eigenvalue weighted by atomic mass is 79.9. The summed E-state index contributed by atoms with van der Waals surface area (Å²) in [5.41, 5.74) is 8.73. The number of rotatable bonds is 2. The van der Waals surface area contributed by atoms with Crippen molar-refractivity contribution in [3.63, 3.8) is 0 Å². The van der Waals surface area contributed by atoms with E-state index in [1.54, 1.807) is 11.3 Å². The van der Waals surface area contributed by atoms with Crippen LogP contribution in [0.1, 0.15) is 40.0 Å². The summed E-state index contributed by atoms with van der Waals surface area (Å²) in [5, 5.41) is 1.04. The van der Waals surface area contributed by atoms with Gasteiger partial charge in [0.15, 0.2) is 0 Å². The van der Waals surface area contributed by atoms with Crippen molar-refractivity contribution < 1.29 is 0 Å². The molecule has 19 heavy (non-hydrogen) atoms. The van der Waals surface area contributed by atoms with Crippen LogP contribution in [0, 0.1) is 0 Å². The van der Waals surface area contributed by atoms with Gasteiger partial charge in [-0.2, -0.15) is 0 Å². The molecule has 1 atom stereocenters. The van der Waals surface area contributed by atoms with Crippen LogP contribution < -0.4 is 5.73 Å². The summed E-state index contributed by atoms with van der Waals surface area (Å²) in [5.74, 6) is 0. The number of thiazole rings is 1. The first-order chi connectivity index (χ1) is 9.15. The zero-order chi connectivity index (χ0) is 13.4. The van der Waals surface area contributed by atoms with Gasteiger partial charge in [0, 0.05) is 13.8 Å². The van der Waals surface area contributed by atoms with Crippen LogP contribution in [0.3, 0.4) is 0 Å².